The van der Waals surface area contributed by atoms with Crippen molar-refractivity contribution in [3.63, 3.8) is 0 Å². The number of hydrogen-bond donors (Lipinski definition) is 2. The van der Waals surface area contributed by atoms with Gasteiger partial charge in [-0.15, -0.1) is 0 Å². The van der Waals surface area contributed by atoms with Crippen molar-refractivity contribution in [2.24, 2.45) is 10.8 Å². The van der Waals surface area contributed by atoms with Crippen LogP contribution in [0.2, 0.25) is 5.02 Å². The standard InChI is InChI=1S/C21H27ClN6S/c1-26(2)20-13-18(8-7-16(20)14-24-25-21(23)29)28-11-9-27(10-12-28)15-17-5-3-4-6-19(17)22/h3-8,13-14H,9-12,15H2,1-2H3,(H3,23,25,29)/b24-14+. The van der Waals surface area contributed by atoms with Crippen LogP contribution in [0.25, 0.3) is 0 Å². The molecule has 0 aromatic heterocycles. The second kappa shape index (κ2) is 9.91. The van der Waals surface area contributed by atoms with Gasteiger partial charge in [0.25, 0.3) is 0 Å². The zero-order chi connectivity index (χ0) is 20.8. The topological polar surface area (TPSA) is 60.1 Å². The van der Waals surface area contributed by atoms with Crippen LogP contribution in [0.3, 0.4) is 0 Å². The number of thiocarbonyl (C=S) groups is 1. The monoisotopic (exact) mass is 430 g/mol. The molecular formula is C21H27ClN6S. The van der Waals surface area contributed by atoms with E-state index >= 15 is 0 Å². The average molecular weight is 431 g/mol. The van der Waals surface area contributed by atoms with E-state index in [9.17, 15) is 0 Å². The molecule has 29 heavy (non-hydrogen) atoms. The van der Waals surface area contributed by atoms with Crippen LogP contribution in [0.5, 0.6) is 0 Å². The van der Waals surface area contributed by atoms with Gasteiger partial charge in [0.05, 0.1) is 6.21 Å². The average Bonchev–Trinajstić information content (AvgIpc) is 2.70. The third-order valence-corrected chi connectivity index (χ3v) is 5.42. The molecule has 3 N–H and O–H groups in total. The van der Waals surface area contributed by atoms with E-state index in [2.05, 4.69) is 49.5 Å². The summed E-state index contributed by atoms with van der Waals surface area (Å²) in [6.07, 6.45) is 1.74. The quantitative estimate of drug-likeness (QED) is 0.417. The predicted octanol–water partition coefficient (Wildman–Crippen LogP) is 2.90. The van der Waals surface area contributed by atoms with Gasteiger partial charge in [0.2, 0.25) is 0 Å². The maximum Gasteiger partial charge on any atom is 0.184 e. The lowest BCUT2D eigenvalue weighted by atomic mass is 10.1. The molecule has 0 atom stereocenters. The molecule has 0 radical (unpaired) electrons. The molecular weight excluding hydrogens is 404 g/mol. The van der Waals surface area contributed by atoms with Gasteiger partial charge in [-0.1, -0.05) is 29.8 Å². The highest BCUT2D eigenvalue weighted by molar-refractivity contribution is 7.80. The fraction of sp³-hybridized carbons (Fsp3) is 0.333. The van der Waals surface area contributed by atoms with E-state index in [0.717, 1.165) is 49.0 Å². The van der Waals surface area contributed by atoms with Crippen LogP contribution in [-0.4, -0.2) is 56.5 Å². The summed E-state index contributed by atoms with van der Waals surface area (Å²) in [4.78, 5) is 6.95. The SMILES string of the molecule is CN(C)c1cc(N2CCN(Cc3ccccc3Cl)CC2)ccc1/C=N/NC(N)=S. The van der Waals surface area contributed by atoms with E-state index in [1.54, 1.807) is 6.21 Å². The lowest BCUT2D eigenvalue weighted by Gasteiger charge is -2.36. The predicted molar refractivity (Wildman–Crippen MR) is 127 cm³/mol. The van der Waals surface area contributed by atoms with Gasteiger partial charge in [0.15, 0.2) is 5.11 Å². The summed E-state index contributed by atoms with van der Waals surface area (Å²) in [6, 6.07) is 14.5. The van der Waals surface area contributed by atoms with Crippen molar-refractivity contribution in [2.45, 2.75) is 6.54 Å². The molecule has 1 fully saturated rings. The Labute approximate surface area is 182 Å². The largest absolute Gasteiger partial charge is 0.377 e. The zero-order valence-electron chi connectivity index (χ0n) is 16.8. The Kier molecular flexibility index (Phi) is 7.30. The Bertz CT molecular complexity index is 877. The first-order valence-corrected chi connectivity index (χ1v) is 10.3. The van der Waals surface area contributed by atoms with Crippen molar-refractivity contribution in [1.82, 2.24) is 10.3 Å². The highest BCUT2D eigenvalue weighted by atomic mass is 35.5. The van der Waals surface area contributed by atoms with Crippen LogP contribution in [0.15, 0.2) is 47.6 Å². The van der Waals surface area contributed by atoms with Gasteiger partial charge in [-0.05, 0) is 42.0 Å². The highest BCUT2D eigenvalue weighted by Gasteiger charge is 2.19. The van der Waals surface area contributed by atoms with Gasteiger partial charge in [0, 0.05) is 68.8 Å². The minimum Gasteiger partial charge on any atom is -0.377 e. The molecule has 6 nitrogen and oxygen atoms in total. The van der Waals surface area contributed by atoms with Crippen LogP contribution in [0.1, 0.15) is 11.1 Å². The second-order valence-corrected chi connectivity index (χ2v) is 8.07. The fourth-order valence-corrected chi connectivity index (χ4v) is 3.67. The van der Waals surface area contributed by atoms with E-state index in [4.69, 9.17) is 29.6 Å². The van der Waals surface area contributed by atoms with E-state index in [1.807, 2.05) is 32.3 Å². The molecule has 1 aliphatic heterocycles. The Morgan fingerprint density at radius 1 is 1.21 bits per heavy atom. The van der Waals surface area contributed by atoms with Crippen molar-refractivity contribution >= 4 is 46.5 Å². The first kappa shape index (κ1) is 21.4. The molecule has 0 saturated carbocycles. The Morgan fingerprint density at radius 3 is 2.59 bits per heavy atom. The van der Waals surface area contributed by atoms with Crippen molar-refractivity contribution < 1.29 is 0 Å². The van der Waals surface area contributed by atoms with Crippen LogP contribution >= 0.6 is 23.8 Å². The van der Waals surface area contributed by atoms with Gasteiger partial charge < -0.3 is 15.5 Å². The maximum absolute atomic E-state index is 6.31. The molecule has 2 aromatic rings. The van der Waals surface area contributed by atoms with Crippen LogP contribution < -0.4 is 21.0 Å². The Morgan fingerprint density at radius 2 is 1.93 bits per heavy atom. The molecule has 1 heterocycles. The summed E-state index contributed by atoms with van der Waals surface area (Å²) in [5.74, 6) is 0. The summed E-state index contributed by atoms with van der Waals surface area (Å²) in [6.45, 7) is 4.86. The van der Waals surface area contributed by atoms with Crippen molar-refractivity contribution in [3.8, 4) is 0 Å². The number of benzene rings is 2. The third-order valence-electron chi connectivity index (χ3n) is 4.96. The van der Waals surface area contributed by atoms with Crippen LogP contribution in [0, 0.1) is 0 Å². The Balaban J connectivity index is 1.65. The molecule has 0 unspecified atom stereocenters. The number of hydrogen-bond acceptors (Lipinski definition) is 5. The number of rotatable bonds is 6. The smallest absolute Gasteiger partial charge is 0.184 e. The summed E-state index contributed by atoms with van der Waals surface area (Å²) >= 11 is 11.1. The molecule has 0 spiro atoms. The van der Waals surface area contributed by atoms with E-state index in [0.29, 0.717) is 0 Å². The molecule has 0 bridgehead atoms. The van der Waals surface area contributed by atoms with Crippen molar-refractivity contribution in [2.75, 3.05) is 50.1 Å². The zero-order valence-corrected chi connectivity index (χ0v) is 18.4. The molecule has 8 heteroatoms. The lowest BCUT2D eigenvalue weighted by Crippen LogP contribution is -2.46. The van der Waals surface area contributed by atoms with E-state index < -0.39 is 0 Å². The summed E-state index contributed by atoms with van der Waals surface area (Å²) in [5.41, 5.74) is 12.5. The Hall–Kier alpha value is -2.35. The lowest BCUT2D eigenvalue weighted by molar-refractivity contribution is 0.250. The first-order chi connectivity index (χ1) is 13.9. The van der Waals surface area contributed by atoms with E-state index in [-0.39, 0.29) is 5.11 Å². The number of nitrogens with two attached hydrogens (primary N) is 1. The summed E-state index contributed by atoms with van der Waals surface area (Å²) in [5, 5.41) is 5.08. The van der Waals surface area contributed by atoms with Crippen molar-refractivity contribution in [3.05, 3.63) is 58.6 Å². The summed E-state index contributed by atoms with van der Waals surface area (Å²) < 4.78 is 0. The maximum atomic E-state index is 6.31. The number of piperazine rings is 1. The molecule has 154 valence electrons. The van der Waals surface area contributed by atoms with Gasteiger partial charge in [-0.2, -0.15) is 5.10 Å². The highest BCUT2D eigenvalue weighted by Crippen LogP contribution is 2.26. The normalized spacial score (nSPS) is 14.9. The van der Waals surface area contributed by atoms with Gasteiger partial charge >= 0.3 is 0 Å². The number of halogens is 1. The number of nitrogens with one attached hydrogen (secondary N) is 1. The molecule has 0 amide bonds. The number of nitrogens with zero attached hydrogens (tertiary/aromatic N) is 4. The fourth-order valence-electron chi connectivity index (χ4n) is 3.42. The van der Waals surface area contributed by atoms with Gasteiger partial charge in [-0.3, -0.25) is 10.3 Å². The van der Waals surface area contributed by atoms with Gasteiger partial charge in [0.1, 0.15) is 0 Å². The van der Waals surface area contributed by atoms with E-state index in [1.165, 1.54) is 11.3 Å². The third kappa shape index (κ3) is 5.82. The molecule has 1 aliphatic rings. The van der Waals surface area contributed by atoms with Gasteiger partial charge in [-0.25, -0.2) is 0 Å². The molecule has 2 aromatic carbocycles. The molecule has 0 aliphatic carbocycles. The first-order valence-electron chi connectivity index (χ1n) is 9.54. The minimum atomic E-state index is 0.152. The molecule has 1 saturated heterocycles. The second-order valence-electron chi connectivity index (χ2n) is 7.23. The minimum absolute atomic E-state index is 0.152. The number of hydrazone groups is 1. The summed E-state index contributed by atoms with van der Waals surface area (Å²) in [7, 11) is 4.05. The van der Waals surface area contributed by atoms with Crippen LogP contribution in [0.4, 0.5) is 11.4 Å². The van der Waals surface area contributed by atoms with Crippen molar-refractivity contribution in [1.29, 1.82) is 0 Å². The van der Waals surface area contributed by atoms with Crippen LogP contribution in [-0.2, 0) is 6.54 Å². The number of anilines is 2. The molecule has 3 rings (SSSR count).